The molecule has 0 radical (unpaired) electrons. The van der Waals surface area contributed by atoms with Crippen LogP contribution in [-0.2, 0) is 14.2 Å². The Morgan fingerprint density at radius 2 is 1.50 bits per heavy atom. The maximum atomic E-state index is 14.2. The number of hydrogen-bond acceptors (Lipinski definition) is 6. The van der Waals surface area contributed by atoms with E-state index in [-0.39, 0.29) is 12.2 Å². The molecule has 0 aliphatic carbocycles. The molecule has 2 aromatic carbocycles. The number of alkyl halides is 1. The molecule has 4 atom stereocenters. The SMILES string of the molecule is O=C(OC[C@H]1OC(O)C(F)[C@H]1OC(=O)c1ccccc1)c1ccccc1. The van der Waals surface area contributed by atoms with Crippen molar-refractivity contribution in [1.82, 2.24) is 0 Å². The van der Waals surface area contributed by atoms with Crippen molar-refractivity contribution in [2.24, 2.45) is 0 Å². The summed E-state index contributed by atoms with van der Waals surface area (Å²) in [6.07, 6.45) is -6.20. The van der Waals surface area contributed by atoms with Crippen molar-refractivity contribution in [1.29, 1.82) is 0 Å². The van der Waals surface area contributed by atoms with E-state index in [1.54, 1.807) is 48.5 Å². The molecule has 3 rings (SSSR count). The lowest BCUT2D eigenvalue weighted by molar-refractivity contribution is -0.122. The van der Waals surface area contributed by atoms with E-state index in [9.17, 15) is 19.1 Å². The van der Waals surface area contributed by atoms with Crippen LogP contribution in [0.2, 0.25) is 0 Å². The second-order valence-corrected chi connectivity index (χ2v) is 5.71. The van der Waals surface area contributed by atoms with Crippen LogP contribution in [0.4, 0.5) is 4.39 Å². The third-order valence-corrected chi connectivity index (χ3v) is 3.91. The van der Waals surface area contributed by atoms with E-state index in [0.29, 0.717) is 5.56 Å². The molecule has 1 heterocycles. The molecule has 1 aliphatic rings. The van der Waals surface area contributed by atoms with Gasteiger partial charge < -0.3 is 19.3 Å². The van der Waals surface area contributed by atoms with Crippen molar-refractivity contribution in [3.63, 3.8) is 0 Å². The van der Waals surface area contributed by atoms with Crippen LogP contribution in [0.15, 0.2) is 60.7 Å². The van der Waals surface area contributed by atoms with Crippen LogP contribution in [0.1, 0.15) is 20.7 Å². The van der Waals surface area contributed by atoms with Gasteiger partial charge in [-0.05, 0) is 24.3 Å². The number of aliphatic hydroxyl groups excluding tert-OH is 1. The van der Waals surface area contributed by atoms with Crippen LogP contribution in [0.25, 0.3) is 0 Å². The Kier molecular flexibility index (Phi) is 5.60. The summed E-state index contributed by atoms with van der Waals surface area (Å²) in [6.45, 7) is -0.363. The van der Waals surface area contributed by atoms with E-state index in [1.165, 1.54) is 12.1 Å². The highest BCUT2D eigenvalue weighted by Gasteiger charge is 2.47. The van der Waals surface area contributed by atoms with Gasteiger partial charge in [-0.2, -0.15) is 0 Å². The molecule has 1 saturated heterocycles. The number of carbonyl (C=O) groups is 2. The predicted octanol–water partition coefficient (Wildman–Crippen LogP) is 2.12. The topological polar surface area (TPSA) is 82.1 Å². The van der Waals surface area contributed by atoms with Gasteiger partial charge in [0, 0.05) is 0 Å². The van der Waals surface area contributed by atoms with Crippen molar-refractivity contribution in [3.05, 3.63) is 71.8 Å². The highest BCUT2D eigenvalue weighted by atomic mass is 19.1. The number of benzene rings is 2. The van der Waals surface area contributed by atoms with Crippen molar-refractivity contribution < 1.29 is 33.3 Å². The number of aliphatic hydroxyl groups is 1. The van der Waals surface area contributed by atoms with Gasteiger partial charge in [-0.25, -0.2) is 14.0 Å². The zero-order valence-corrected chi connectivity index (χ0v) is 13.7. The Labute approximate surface area is 149 Å². The summed E-state index contributed by atoms with van der Waals surface area (Å²) >= 11 is 0. The molecule has 0 saturated carbocycles. The minimum Gasteiger partial charge on any atom is -0.459 e. The smallest absolute Gasteiger partial charge is 0.338 e. The molecule has 2 aromatic rings. The average molecular weight is 360 g/mol. The van der Waals surface area contributed by atoms with Gasteiger partial charge in [-0.1, -0.05) is 36.4 Å². The van der Waals surface area contributed by atoms with Crippen LogP contribution in [0.5, 0.6) is 0 Å². The van der Waals surface area contributed by atoms with E-state index >= 15 is 0 Å². The Hall–Kier alpha value is -2.77. The fourth-order valence-corrected chi connectivity index (χ4v) is 2.56. The molecule has 1 N–H and O–H groups in total. The fourth-order valence-electron chi connectivity index (χ4n) is 2.56. The van der Waals surface area contributed by atoms with Crippen molar-refractivity contribution >= 4 is 11.9 Å². The molecule has 7 heteroatoms. The van der Waals surface area contributed by atoms with E-state index in [1.807, 2.05) is 0 Å². The highest BCUT2D eigenvalue weighted by Crippen LogP contribution is 2.26. The molecular weight excluding hydrogens is 343 g/mol. The third-order valence-electron chi connectivity index (χ3n) is 3.91. The summed E-state index contributed by atoms with van der Waals surface area (Å²) in [4.78, 5) is 24.1. The lowest BCUT2D eigenvalue weighted by Crippen LogP contribution is -2.37. The zero-order chi connectivity index (χ0) is 18.5. The number of carbonyl (C=O) groups excluding carboxylic acids is 2. The maximum Gasteiger partial charge on any atom is 0.338 e. The quantitative estimate of drug-likeness (QED) is 0.823. The average Bonchev–Trinajstić information content (AvgIpc) is 2.95. The van der Waals surface area contributed by atoms with Gasteiger partial charge in [-0.15, -0.1) is 0 Å². The summed E-state index contributed by atoms with van der Waals surface area (Å²) in [5, 5.41) is 9.58. The molecule has 26 heavy (non-hydrogen) atoms. The summed E-state index contributed by atoms with van der Waals surface area (Å²) in [6, 6.07) is 16.3. The monoisotopic (exact) mass is 360 g/mol. The van der Waals surface area contributed by atoms with E-state index in [2.05, 4.69) is 0 Å². The van der Waals surface area contributed by atoms with Gasteiger partial charge in [0.05, 0.1) is 11.1 Å². The van der Waals surface area contributed by atoms with Gasteiger partial charge in [0.2, 0.25) is 0 Å². The molecule has 1 aliphatic heterocycles. The molecular formula is C19H17FO6. The van der Waals surface area contributed by atoms with Crippen molar-refractivity contribution in [2.45, 2.75) is 24.7 Å². The van der Waals surface area contributed by atoms with Crippen LogP contribution < -0.4 is 0 Å². The first-order chi connectivity index (χ1) is 12.6. The van der Waals surface area contributed by atoms with Gasteiger partial charge in [0.25, 0.3) is 0 Å². The number of rotatable bonds is 5. The number of ether oxygens (including phenoxy) is 3. The van der Waals surface area contributed by atoms with Crippen LogP contribution in [0.3, 0.4) is 0 Å². The molecule has 1 fully saturated rings. The van der Waals surface area contributed by atoms with Gasteiger partial charge >= 0.3 is 11.9 Å². The lowest BCUT2D eigenvalue weighted by Gasteiger charge is -2.19. The number of halogens is 1. The zero-order valence-electron chi connectivity index (χ0n) is 13.7. The van der Waals surface area contributed by atoms with Crippen LogP contribution >= 0.6 is 0 Å². The Balaban J connectivity index is 1.63. The molecule has 0 amide bonds. The lowest BCUT2D eigenvalue weighted by atomic mass is 10.1. The minimum absolute atomic E-state index is 0.237. The summed E-state index contributed by atoms with van der Waals surface area (Å²) in [7, 11) is 0. The van der Waals surface area contributed by atoms with Crippen molar-refractivity contribution in [3.8, 4) is 0 Å². The van der Waals surface area contributed by atoms with E-state index in [0.717, 1.165) is 0 Å². The molecule has 6 nitrogen and oxygen atoms in total. The van der Waals surface area contributed by atoms with Crippen LogP contribution in [0, 0.1) is 0 Å². The van der Waals surface area contributed by atoms with Crippen LogP contribution in [-0.4, -0.2) is 48.3 Å². The van der Waals surface area contributed by atoms with Gasteiger partial charge in [0.1, 0.15) is 12.7 Å². The first kappa shape index (κ1) is 18.0. The Bertz CT molecular complexity index is 751. The Morgan fingerprint density at radius 3 is 2.08 bits per heavy atom. The van der Waals surface area contributed by atoms with Gasteiger partial charge in [0.15, 0.2) is 18.6 Å². The predicted molar refractivity (Wildman–Crippen MR) is 88.1 cm³/mol. The second kappa shape index (κ2) is 8.07. The number of hydrogen-bond donors (Lipinski definition) is 1. The second-order valence-electron chi connectivity index (χ2n) is 5.71. The van der Waals surface area contributed by atoms with Gasteiger partial charge in [-0.3, -0.25) is 0 Å². The molecule has 0 spiro atoms. The highest BCUT2D eigenvalue weighted by molar-refractivity contribution is 5.90. The summed E-state index contributed by atoms with van der Waals surface area (Å²) < 4.78 is 29.4. The van der Waals surface area contributed by atoms with E-state index < -0.39 is 36.6 Å². The molecule has 0 bridgehead atoms. The molecule has 2 unspecified atom stereocenters. The number of esters is 2. The summed E-state index contributed by atoms with van der Waals surface area (Å²) in [5.41, 5.74) is 0.557. The molecule has 0 aromatic heterocycles. The fraction of sp³-hybridized carbons (Fsp3) is 0.263. The minimum atomic E-state index is -1.94. The first-order valence-corrected chi connectivity index (χ1v) is 8.02. The third kappa shape index (κ3) is 4.07. The largest absolute Gasteiger partial charge is 0.459 e. The normalized spacial score (nSPS) is 24.8. The Morgan fingerprint density at radius 1 is 0.962 bits per heavy atom. The standard InChI is InChI=1S/C19H17FO6/c20-15-16(26-18(22)13-9-5-2-6-10-13)14(25-19(15)23)11-24-17(21)12-7-3-1-4-8-12/h1-10,14-16,19,23H,11H2/t14-,15?,16+,19?/m1/s1. The maximum absolute atomic E-state index is 14.2. The van der Waals surface area contributed by atoms with Crippen molar-refractivity contribution in [2.75, 3.05) is 6.61 Å². The molecule has 136 valence electrons. The van der Waals surface area contributed by atoms with E-state index in [4.69, 9.17) is 14.2 Å². The first-order valence-electron chi connectivity index (χ1n) is 8.02. The summed E-state index contributed by atoms with van der Waals surface area (Å²) in [5.74, 6) is -1.38.